The molecule has 0 aliphatic heterocycles. The fourth-order valence-electron chi connectivity index (χ4n) is 8.22. The second-order valence-electron chi connectivity index (χ2n) is 14.6. The zero-order chi connectivity index (χ0) is 38.1. The van der Waals surface area contributed by atoms with Gasteiger partial charge in [-0.05, 0) is 119 Å². The van der Waals surface area contributed by atoms with Crippen LogP contribution in [0.2, 0.25) is 0 Å². The Morgan fingerprint density at radius 3 is 1.68 bits per heavy atom. The first-order valence-electron chi connectivity index (χ1n) is 19.6. The number of aryl methyl sites for hydroxylation is 2. The van der Waals surface area contributed by atoms with Gasteiger partial charge in [-0.1, -0.05) is 140 Å². The second kappa shape index (κ2) is 14.7. The number of aromatic nitrogens is 4. The molecule has 4 heteroatoms. The van der Waals surface area contributed by atoms with Crippen LogP contribution < -0.4 is 0 Å². The molecule has 0 bridgehead atoms. The van der Waals surface area contributed by atoms with Gasteiger partial charge in [0.1, 0.15) is 11.6 Å². The third-order valence-corrected chi connectivity index (χ3v) is 11.0. The lowest BCUT2D eigenvalue weighted by atomic mass is 9.83. The monoisotopic (exact) mass is 732 g/mol. The molecule has 1 aliphatic rings. The standard InChI is InChI=1S/C53H40N4/c1-2-3-6-19-45-36-56(46-20-7-4-8-21-46)52(54-45)43-17-13-15-37(34-43)39-28-30-48-41(32-39)26-27-42-33-40(29-31-49(42)48)38-16-14-18-44(35-38)53-55-50-24-11-12-25-51(50)57(53)47-22-9-5-10-23-47/h2-25,28-36H,26-27H2,1H3/b3-2-,19-6-. The first-order valence-corrected chi connectivity index (χ1v) is 19.6. The summed E-state index contributed by atoms with van der Waals surface area (Å²) in [5.41, 5.74) is 17.6. The van der Waals surface area contributed by atoms with E-state index >= 15 is 0 Å². The van der Waals surface area contributed by atoms with Crippen molar-refractivity contribution in [3.05, 3.63) is 211 Å². The Labute approximate surface area is 333 Å². The van der Waals surface area contributed by atoms with Gasteiger partial charge in [-0.25, -0.2) is 9.97 Å². The molecular formula is C53H40N4. The van der Waals surface area contributed by atoms with Crippen LogP contribution >= 0.6 is 0 Å². The molecular weight excluding hydrogens is 693 g/mol. The molecule has 0 saturated heterocycles. The number of rotatable bonds is 8. The van der Waals surface area contributed by atoms with Gasteiger partial charge in [-0.15, -0.1) is 0 Å². The molecule has 0 atom stereocenters. The molecule has 1 aliphatic carbocycles. The minimum Gasteiger partial charge on any atom is -0.299 e. The fraction of sp³-hybridized carbons (Fsp3) is 0.0566. The molecule has 272 valence electrons. The summed E-state index contributed by atoms with van der Waals surface area (Å²) in [6.07, 6.45) is 12.3. The predicted octanol–water partition coefficient (Wildman–Crippen LogP) is 13.2. The van der Waals surface area contributed by atoms with E-state index in [9.17, 15) is 0 Å². The number of imidazole rings is 2. The summed E-state index contributed by atoms with van der Waals surface area (Å²) >= 11 is 0. The van der Waals surface area contributed by atoms with Crippen LogP contribution in [0.5, 0.6) is 0 Å². The highest BCUT2D eigenvalue weighted by atomic mass is 15.1. The molecule has 7 aromatic carbocycles. The van der Waals surface area contributed by atoms with E-state index in [2.05, 4.69) is 185 Å². The van der Waals surface area contributed by atoms with Crippen molar-refractivity contribution in [2.75, 3.05) is 0 Å². The Kier molecular flexibility index (Phi) is 8.85. The van der Waals surface area contributed by atoms with E-state index in [1.165, 1.54) is 44.5 Å². The lowest BCUT2D eigenvalue weighted by Gasteiger charge is -2.22. The second-order valence-corrected chi connectivity index (χ2v) is 14.6. The maximum Gasteiger partial charge on any atom is 0.145 e. The van der Waals surface area contributed by atoms with E-state index < -0.39 is 0 Å². The zero-order valence-electron chi connectivity index (χ0n) is 31.8. The van der Waals surface area contributed by atoms with E-state index in [4.69, 9.17) is 9.97 Å². The molecule has 10 rings (SSSR count). The average Bonchev–Trinajstić information content (AvgIpc) is 3.89. The SMILES string of the molecule is C/C=C\C=C/c1cn(-c2ccccc2)c(-c2cccc(-c3ccc4c(c3)CCc3cc(-c5cccc(-c6nc7ccccc7n6-c6ccccc6)c5)ccc3-4)c2)n1. The molecule has 4 nitrogen and oxygen atoms in total. The number of benzene rings is 7. The Hall–Kier alpha value is -7.30. The van der Waals surface area contributed by atoms with Gasteiger partial charge in [0.05, 0.1) is 16.7 Å². The topological polar surface area (TPSA) is 35.6 Å². The first-order chi connectivity index (χ1) is 28.2. The Morgan fingerprint density at radius 2 is 1.04 bits per heavy atom. The summed E-state index contributed by atoms with van der Waals surface area (Å²) in [4.78, 5) is 10.2. The van der Waals surface area contributed by atoms with Gasteiger partial charge in [0, 0.05) is 28.7 Å². The Morgan fingerprint density at radius 1 is 0.474 bits per heavy atom. The molecule has 2 heterocycles. The van der Waals surface area contributed by atoms with Gasteiger partial charge in [0.15, 0.2) is 0 Å². The highest BCUT2D eigenvalue weighted by molar-refractivity contribution is 5.85. The molecule has 0 saturated carbocycles. The third kappa shape index (κ3) is 6.51. The van der Waals surface area contributed by atoms with Gasteiger partial charge in [0.25, 0.3) is 0 Å². The van der Waals surface area contributed by atoms with Crippen LogP contribution in [0.15, 0.2) is 194 Å². The highest BCUT2D eigenvalue weighted by Crippen LogP contribution is 2.39. The van der Waals surface area contributed by atoms with E-state index in [-0.39, 0.29) is 0 Å². The largest absolute Gasteiger partial charge is 0.299 e. The van der Waals surface area contributed by atoms with Crippen molar-refractivity contribution in [1.29, 1.82) is 0 Å². The zero-order valence-corrected chi connectivity index (χ0v) is 31.8. The fourth-order valence-corrected chi connectivity index (χ4v) is 8.22. The van der Waals surface area contributed by atoms with Crippen LogP contribution in [-0.2, 0) is 12.8 Å². The van der Waals surface area contributed by atoms with Crippen LogP contribution in [0.1, 0.15) is 23.7 Å². The minimum absolute atomic E-state index is 0.921. The molecule has 9 aromatic rings. The smallest absolute Gasteiger partial charge is 0.145 e. The van der Waals surface area contributed by atoms with Crippen LogP contribution in [0, 0.1) is 0 Å². The van der Waals surface area contributed by atoms with Crippen molar-refractivity contribution in [3.8, 4) is 67.5 Å². The molecule has 0 unspecified atom stereocenters. The number of hydrogen-bond donors (Lipinski definition) is 0. The van der Waals surface area contributed by atoms with Crippen molar-refractivity contribution in [3.63, 3.8) is 0 Å². The maximum atomic E-state index is 5.12. The first kappa shape index (κ1) is 34.2. The summed E-state index contributed by atoms with van der Waals surface area (Å²) in [6.45, 7) is 2.02. The number of fused-ring (bicyclic) bond motifs is 4. The maximum absolute atomic E-state index is 5.12. The van der Waals surface area contributed by atoms with Gasteiger partial charge >= 0.3 is 0 Å². The average molecular weight is 733 g/mol. The Bertz CT molecular complexity index is 2960. The number of para-hydroxylation sites is 4. The van der Waals surface area contributed by atoms with E-state index in [0.29, 0.717) is 0 Å². The van der Waals surface area contributed by atoms with E-state index in [0.717, 1.165) is 63.7 Å². The molecule has 0 spiro atoms. The predicted molar refractivity (Wildman–Crippen MR) is 237 cm³/mol. The molecule has 0 fully saturated rings. The van der Waals surface area contributed by atoms with Gasteiger partial charge in [-0.2, -0.15) is 0 Å². The van der Waals surface area contributed by atoms with Crippen molar-refractivity contribution < 1.29 is 0 Å². The summed E-state index contributed by atoms with van der Waals surface area (Å²) in [5.74, 6) is 1.87. The van der Waals surface area contributed by atoms with E-state index in [1.807, 2.05) is 31.2 Å². The molecule has 0 amide bonds. The molecule has 2 aromatic heterocycles. The third-order valence-electron chi connectivity index (χ3n) is 11.0. The quantitative estimate of drug-likeness (QED) is 0.146. The summed E-state index contributed by atoms with van der Waals surface area (Å²) in [6, 6.07) is 60.9. The summed E-state index contributed by atoms with van der Waals surface area (Å²) in [7, 11) is 0. The van der Waals surface area contributed by atoms with Crippen LogP contribution in [0.3, 0.4) is 0 Å². The van der Waals surface area contributed by atoms with Gasteiger partial charge in [-0.3, -0.25) is 9.13 Å². The number of hydrogen-bond acceptors (Lipinski definition) is 2. The van der Waals surface area contributed by atoms with Crippen molar-refractivity contribution in [2.24, 2.45) is 0 Å². The number of allylic oxidation sites excluding steroid dienone is 3. The Balaban J connectivity index is 0.959. The summed E-state index contributed by atoms with van der Waals surface area (Å²) in [5, 5.41) is 0. The van der Waals surface area contributed by atoms with Gasteiger partial charge < -0.3 is 0 Å². The molecule has 57 heavy (non-hydrogen) atoms. The number of nitrogens with zero attached hydrogens (tertiary/aromatic N) is 4. The highest BCUT2D eigenvalue weighted by Gasteiger charge is 2.20. The minimum atomic E-state index is 0.921. The van der Waals surface area contributed by atoms with Crippen molar-refractivity contribution in [1.82, 2.24) is 19.1 Å². The lowest BCUT2D eigenvalue weighted by Crippen LogP contribution is -2.04. The van der Waals surface area contributed by atoms with E-state index in [1.54, 1.807) is 0 Å². The summed E-state index contributed by atoms with van der Waals surface area (Å²) < 4.78 is 4.45. The van der Waals surface area contributed by atoms with Gasteiger partial charge in [0.2, 0.25) is 0 Å². The molecule has 0 radical (unpaired) electrons. The van der Waals surface area contributed by atoms with Crippen molar-refractivity contribution in [2.45, 2.75) is 19.8 Å². The van der Waals surface area contributed by atoms with Crippen LogP contribution in [0.25, 0.3) is 84.6 Å². The molecule has 0 N–H and O–H groups in total. The lowest BCUT2D eigenvalue weighted by molar-refractivity contribution is 0.943. The van der Waals surface area contributed by atoms with Crippen LogP contribution in [0.4, 0.5) is 0 Å². The normalized spacial score (nSPS) is 12.4. The van der Waals surface area contributed by atoms with Crippen molar-refractivity contribution >= 4 is 17.1 Å². The van der Waals surface area contributed by atoms with Crippen LogP contribution in [-0.4, -0.2) is 19.1 Å².